The van der Waals surface area contributed by atoms with E-state index in [2.05, 4.69) is 12.6 Å². The third kappa shape index (κ3) is 4.09. The molecule has 1 heteroatoms. The van der Waals surface area contributed by atoms with Gasteiger partial charge in [0.15, 0.2) is 0 Å². The lowest BCUT2D eigenvalue weighted by Gasteiger charge is -1.73. The van der Waals surface area contributed by atoms with E-state index in [1.165, 1.54) is 0 Å². The maximum atomic E-state index is 3.96. The first-order valence-electron chi connectivity index (χ1n) is 1.59. The minimum Gasteiger partial charge on any atom is -0.149 e. The second-order valence-electron chi connectivity index (χ2n) is 0.930. The number of thiol groups is 1. The number of hydrogen-bond acceptors (Lipinski definition) is 1. The van der Waals surface area contributed by atoms with Gasteiger partial charge in [0.05, 0.1) is 0 Å². The largest absolute Gasteiger partial charge is 0.149 e. The van der Waals surface area contributed by atoms with Gasteiger partial charge in [-0.15, -0.1) is 12.6 Å². The molecule has 0 aromatic heterocycles. The Morgan fingerprint density at radius 1 is 1.80 bits per heavy atom. The summed E-state index contributed by atoms with van der Waals surface area (Å²) in [6.45, 7) is 3.91. The molecule has 0 saturated heterocycles. The average molecular weight is 88.2 g/mol. The van der Waals surface area contributed by atoms with Gasteiger partial charge in [-0.3, -0.25) is 0 Å². The van der Waals surface area contributed by atoms with Crippen molar-refractivity contribution in [2.45, 2.75) is 13.8 Å². The molecule has 0 amide bonds. The smallest absolute Gasteiger partial charge is 0.0258 e. The molecule has 0 atom stereocenters. The predicted octanol–water partition coefficient (Wildman–Crippen LogP) is 1.84. The van der Waals surface area contributed by atoms with E-state index in [1.54, 1.807) is 0 Å². The van der Waals surface area contributed by atoms with Crippen LogP contribution in [0.25, 0.3) is 0 Å². The van der Waals surface area contributed by atoms with Crippen molar-refractivity contribution in [3.8, 4) is 0 Å². The first-order chi connectivity index (χ1) is 2.27. The summed E-state index contributed by atoms with van der Waals surface area (Å²) in [5.74, 6) is 0. The molecule has 0 radical (unpaired) electrons. The van der Waals surface area contributed by atoms with Crippen LogP contribution >= 0.6 is 12.6 Å². The summed E-state index contributed by atoms with van der Waals surface area (Å²) in [4.78, 5) is 1.07. The van der Waals surface area contributed by atoms with Crippen molar-refractivity contribution in [1.29, 1.82) is 0 Å². The van der Waals surface area contributed by atoms with Crippen LogP contribution in [0.15, 0.2) is 11.0 Å². The molecule has 0 saturated carbocycles. The standard InChI is InChI=1S/C4H8S/c1-3-4(2)5/h3,5H,1-2H3/b4-3-. The van der Waals surface area contributed by atoms with Crippen LogP contribution in [-0.2, 0) is 0 Å². The molecule has 0 aliphatic rings. The lowest BCUT2D eigenvalue weighted by molar-refractivity contribution is 1.61. The number of rotatable bonds is 0. The lowest BCUT2D eigenvalue weighted by Crippen LogP contribution is -1.45. The van der Waals surface area contributed by atoms with Gasteiger partial charge >= 0.3 is 0 Å². The second-order valence-corrected chi connectivity index (χ2v) is 1.64. The zero-order valence-electron chi connectivity index (χ0n) is 3.52. The molecular weight excluding hydrogens is 80.1 g/mol. The number of allylic oxidation sites excluding steroid dienone is 2. The zero-order chi connectivity index (χ0) is 4.28. The lowest BCUT2D eigenvalue weighted by atomic mass is 10.6. The highest BCUT2D eigenvalue weighted by Gasteiger charge is 1.61. The van der Waals surface area contributed by atoms with E-state index in [9.17, 15) is 0 Å². The van der Waals surface area contributed by atoms with Crippen molar-refractivity contribution in [3.05, 3.63) is 11.0 Å². The SMILES string of the molecule is C/C=C(/C)S. The van der Waals surface area contributed by atoms with Gasteiger partial charge in [0.2, 0.25) is 0 Å². The van der Waals surface area contributed by atoms with Crippen LogP contribution in [0.3, 0.4) is 0 Å². The van der Waals surface area contributed by atoms with Crippen molar-refractivity contribution in [1.82, 2.24) is 0 Å². The van der Waals surface area contributed by atoms with Crippen LogP contribution in [0, 0.1) is 0 Å². The predicted molar refractivity (Wildman–Crippen MR) is 28.4 cm³/mol. The van der Waals surface area contributed by atoms with Crippen LogP contribution in [0.4, 0.5) is 0 Å². The van der Waals surface area contributed by atoms with Crippen LogP contribution in [0.5, 0.6) is 0 Å². The first-order valence-corrected chi connectivity index (χ1v) is 2.04. The van der Waals surface area contributed by atoms with E-state index < -0.39 is 0 Å². The fraction of sp³-hybridized carbons (Fsp3) is 0.500. The Hall–Kier alpha value is 0.0900. The molecule has 0 N–H and O–H groups in total. The zero-order valence-corrected chi connectivity index (χ0v) is 4.42. The van der Waals surface area contributed by atoms with Crippen molar-refractivity contribution < 1.29 is 0 Å². The van der Waals surface area contributed by atoms with Crippen LogP contribution in [-0.4, -0.2) is 0 Å². The molecule has 0 unspecified atom stereocenters. The van der Waals surface area contributed by atoms with E-state index in [1.807, 2.05) is 19.9 Å². The Morgan fingerprint density at radius 3 is 2.00 bits per heavy atom. The van der Waals surface area contributed by atoms with Crippen molar-refractivity contribution in [2.24, 2.45) is 0 Å². The minimum atomic E-state index is 1.07. The molecule has 0 fully saturated rings. The molecule has 0 aliphatic heterocycles. The molecule has 0 bridgehead atoms. The topological polar surface area (TPSA) is 0 Å². The van der Waals surface area contributed by atoms with Crippen molar-refractivity contribution in [3.63, 3.8) is 0 Å². The second kappa shape index (κ2) is 2.33. The van der Waals surface area contributed by atoms with Crippen LogP contribution in [0.2, 0.25) is 0 Å². The minimum absolute atomic E-state index is 1.07. The quantitative estimate of drug-likeness (QED) is 0.429. The highest BCUT2D eigenvalue weighted by molar-refractivity contribution is 7.84. The van der Waals surface area contributed by atoms with Gasteiger partial charge in [0, 0.05) is 0 Å². The molecule has 0 aromatic rings. The third-order valence-electron chi connectivity index (χ3n) is 0.418. The van der Waals surface area contributed by atoms with E-state index in [-0.39, 0.29) is 0 Å². The highest BCUT2D eigenvalue weighted by Crippen LogP contribution is 1.92. The van der Waals surface area contributed by atoms with E-state index in [0.29, 0.717) is 0 Å². The molecule has 30 valence electrons. The van der Waals surface area contributed by atoms with E-state index in [0.717, 1.165) is 4.91 Å². The van der Waals surface area contributed by atoms with Crippen LogP contribution < -0.4 is 0 Å². The van der Waals surface area contributed by atoms with Crippen molar-refractivity contribution in [2.75, 3.05) is 0 Å². The van der Waals surface area contributed by atoms with Gasteiger partial charge in [-0.05, 0) is 18.8 Å². The summed E-state index contributed by atoms with van der Waals surface area (Å²) in [5, 5.41) is 0. The van der Waals surface area contributed by atoms with Crippen LogP contribution in [0.1, 0.15) is 13.8 Å². The molecular formula is C4H8S. The highest BCUT2D eigenvalue weighted by atomic mass is 32.1. The maximum Gasteiger partial charge on any atom is -0.0258 e. The van der Waals surface area contributed by atoms with Gasteiger partial charge < -0.3 is 0 Å². The first kappa shape index (κ1) is 5.09. The van der Waals surface area contributed by atoms with Gasteiger partial charge in [-0.2, -0.15) is 0 Å². The van der Waals surface area contributed by atoms with E-state index >= 15 is 0 Å². The van der Waals surface area contributed by atoms with E-state index in [4.69, 9.17) is 0 Å². The third-order valence-corrected chi connectivity index (χ3v) is 0.676. The fourth-order valence-corrected chi connectivity index (χ4v) is 0. The van der Waals surface area contributed by atoms with Gasteiger partial charge in [0.1, 0.15) is 0 Å². The Balaban J connectivity index is 3.14. The summed E-state index contributed by atoms with van der Waals surface area (Å²) in [6.07, 6.45) is 1.95. The molecule has 0 aromatic carbocycles. The maximum absolute atomic E-state index is 3.96. The fourth-order valence-electron chi connectivity index (χ4n) is 0. The Kier molecular flexibility index (Phi) is 2.38. The summed E-state index contributed by atoms with van der Waals surface area (Å²) in [5.41, 5.74) is 0. The van der Waals surface area contributed by atoms with Crippen molar-refractivity contribution >= 4 is 12.6 Å². The van der Waals surface area contributed by atoms with Gasteiger partial charge in [0.25, 0.3) is 0 Å². The summed E-state index contributed by atoms with van der Waals surface area (Å²) < 4.78 is 0. The summed E-state index contributed by atoms with van der Waals surface area (Å²) in [6, 6.07) is 0. The normalized spacial score (nSPS) is 12.2. The molecule has 0 rings (SSSR count). The molecule has 5 heavy (non-hydrogen) atoms. The van der Waals surface area contributed by atoms with Gasteiger partial charge in [-0.1, -0.05) is 6.08 Å². The Morgan fingerprint density at radius 2 is 2.00 bits per heavy atom. The molecule has 0 nitrogen and oxygen atoms in total. The summed E-state index contributed by atoms with van der Waals surface area (Å²) >= 11 is 3.96. The molecule has 0 spiro atoms. The monoisotopic (exact) mass is 88.0 g/mol. The van der Waals surface area contributed by atoms with Gasteiger partial charge in [-0.25, -0.2) is 0 Å². The average Bonchev–Trinajstić information content (AvgIpc) is 1.38. The molecule has 0 aliphatic carbocycles. The number of hydrogen-bond donors (Lipinski definition) is 1. The summed E-state index contributed by atoms with van der Waals surface area (Å²) in [7, 11) is 0. The Labute approximate surface area is 38.3 Å². The Bertz CT molecular complexity index is 41.6. The molecule has 0 heterocycles.